The molecule has 0 fully saturated rings. The van der Waals surface area contributed by atoms with Crippen LogP contribution in [-0.4, -0.2) is 28.2 Å². The van der Waals surface area contributed by atoms with Crippen LogP contribution in [0.2, 0.25) is 0 Å². The van der Waals surface area contributed by atoms with E-state index < -0.39 is 5.97 Å². The third kappa shape index (κ3) is 4.61. The molecule has 1 heterocycles. The smallest absolute Gasteiger partial charge is 0.335 e. The number of carbonyl (C=O) groups is 2. The van der Waals surface area contributed by atoms with Gasteiger partial charge in [0.2, 0.25) is 5.91 Å². The molecule has 0 saturated carbocycles. The molecule has 0 unspecified atom stereocenters. The molecule has 0 radical (unpaired) electrons. The van der Waals surface area contributed by atoms with E-state index in [2.05, 4.69) is 15.5 Å². The highest BCUT2D eigenvalue weighted by atomic mass is 32.1. The molecule has 0 aliphatic carbocycles. The highest BCUT2D eigenvalue weighted by Crippen LogP contribution is 2.21. The fourth-order valence-corrected chi connectivity index (χ4v) is 3.00. The van der Waals surface area contributed by atoms with Gasteiger partial charge in [-0.05, 0) is 17.7 Å². The van der Waals surface area contributed by atoms with Crippen LogP contribution in [0.3, 0.4) is 0 Å². The Morgan fingerprint density at radius 1 is 1.12 bits per heavy atom. The van der Waals surface area contributed by atoms with Crippen LogP contribution in [0.4, 0.5) is 0 Å². The number of carbonyl (C=O) groups excluding carboxylic acids is 1. The minimum Gasteiger partial charge on any atom is -0.478 e. The van der Waals surface area contributed by atoms with Crippen molar-refractivity contribution in [3.8, 4) is 11.3 Å². The Balaban J connectivity index is 1.54. The van der Waals surface area contributed by atoms with Gasteiger partial charge in [0.25, 0.3) is 0 Å². The van der Waals surface area contributed by atoms with Crippen LogP contribution in [0.5, 0.6) is 0 Å². The van der Waals surface area contributed by atoms with Crippen LogP contribution in [0.1, 0.15) is 20.9 Å². The van der Waals surface area contributed by atoms with E-state index in [-0.39, 0.29) is 17.9 Å². The molecule has 6 nitrogen and oxygen atoms in total. The van der Waals surface area contributed by atoms with Crippen molar-refractivity contribution in [2.24, 2.45) is 5.10 Å². The third-order valence-corrected chi connectivity index (χ3v) is 4.34. The van der Waals surface area contributed by atoms with Crippen molar-refractivity contribution in [1.82, 2.24) is 10.4 Å². The van der Waals surface area contributed by atoms with Crippen molar-refractivity contribution in [2.45, 2.75) is 6.42 Å². The summed E-state index contributed by atoms with van der Waals surface area (Å²) in [5.41, 5.74) is 5.20. The number of thiazole rings is 1. The lowest BCUT2D eigenvalue weighted by atomic mass is 10.1. The van der Waals surface area contributed by atoms with Gasteiger partial charge in [-0.15, -0.1) is 11.3 Å². The normalized spacial score (nSPS) is 10.8. The second kappa shape index (κ2) is 8.17. The number of carboxylic acid groups (broad SMARTS) is 1. The van der Waals surface area contributed by atoms with E-state index in [0.29, 0.717) is 10.6 Å². The Kier molecular flexibility index (Phi) is 5.50. The summed E-state index contributed by atoms with van der Waals surface area (Å²) in [7, 11) is 0. The Labute approximate surface area is 153 Å². The van der Waals surface area contributed by atoms with Crippen LogP contribution in [0, 0.1) is 0 Å². The molecule has 0 aliphatic rings. The molecule has 26 heavy (non-hydrogen) atoms. The maximum Gasteiger partial charge on any atom is 0.335 e. The number of nitrogens with one attached hydrogen (secondary N) is 1. The number of carboxylic acids is 1. The van der Waals surface area contributed by atoms with Crippen LogP contribution >= 0.6 is 11.3 Å². The first-order valence-corrected chi connectivity index (χ1v) is 8.65. The number of rotatable bonds is 6. The fraction of sp³-hybridized carbons (Fsp3) is 0.0526. The van der Waals surface area contributed by atoms with E-state index in [0.717, 1.165) is 11.3 Å². The fourth-order valence-electron chi connectivity index (χ4n) is 2.20. The van der Waals surface area contributed by atoms with Crippen molar-refractivity contribution in [2.75, 3.05) is 0 Å². The van der Waals surface area contributed by atoms with Crippen molar-refractivity contribution in [1.29, 1.82) is 0 Å². The number of hydrogen-bond acceptors (Lipinski definition) is 5. The summed E-state index contributed by atoms with van der Waals surface area (Å²) in [5.74, 6) is -1.25. The van der Waals surface area contributed by atoms with E-state index >= 15 is 0 Å². The Bertz CT molecular complexity index is 934. The van der Waals surface area contributed by atoms with E-state index in [1.54, 1.807) is 12.1 Å². The third-order valence-electron chi connectivity index (χ3n) is 3.49. The number of amides is 1. The van der Waals surface area contributed by atoms with Crippen molar-refractivity contribution >= 4 is 29.4 Å². The standard InChI is InChI=1S/C19H15N3O3S/c23-17(22-20-11-13-6-8-15(9-7-13)19(24)25)10-18-21-16(12-26-18)14-4-2-1-3-5-14/h1-9,11-12H,10H2,(H,22,23)(H,24,25)/b20-11-. The largest absolute Gasteiger partial charge is 0.478 e. The molecule has 1 amide bonds. The summed E-state index contributed by atoms with van der Waals surface area (Å²) in [6.07, 6.45) is 1.60. The topological polar surface area (TPSA) is 91.7 Å². The predicted molar refractivity (Wildman–Crippen MR) is 100 cm³/mol. The molecule has 7 heteroatoms. The summed E-state index contributed by atoms with van der Waals surface area (Å²) in [5, 5.41) is 15.4. The number of hydrogen-bond donors (Lipinski definition) is 2. The summed E-state index contributed by atoms with van der Waals surface area (Å²) >= 11 is 1.43. The van der Waals surface area contributed by atoms with Gasteiger partial charge in [-0.2, -0.15) is 5.10 Å². The molecule has 0 aliphatic heterocycles. The minimum atomic E-state index is -0.986. The quantitative estimate of drug-likeness (QED) is 0.518. The molecule has 3 rings (SSSR count). The van der Waals surface area contributed by atoms with Gasteiger partial charge in [0.05, 0.1) is 23.9 Å². The zero-order valence-corrected chi connectivity index (χ0v) is 14.4. The van der Waals surface area contributed by atoms with Crippen molar-refractivity contribution in [3.63, 3.8) is 0 Å². The second-order valence-corrected chi connectivity index (χ2v) is 6.33. The monoisotopic (exact) mass is 365 g/mol. The van der Waals surface area contributed by atoms with E-state index in [4.69, 9.17) is 5.11 Å². The Hall–Kier alpha value is -3.32. The summed E-state index contributed by atoms with van der Waals surface area (Å²) in [6.45, 7) is 0. The van der Waals surface area contributed by atoms with E-state index in [9.17, 15) is 9.59 Å². The van der Waals surface area contributed by atoms with Crippen LogP contribution in [0.15, 0.2) is 65.1 Å². The molecular formula is C19H15N3O3S. The molecule has 3 aromatic rings. The number of benzene rings is 2. The molecule has 0 saturated heterocycles. The summed E-state index contributed by atoms with van der Waals surface area (Å²) in [4.78, 5) is 27.2. The van der Waals surface area contributed by atoms with Crippen LogP contribution in [0.25, 0.3) is 11.3 Å². The molecule has 0 atom stereocenters. The SMILES string of the molecule is O=C(Cc1nc(-c2ccccc2)cs1)N/N=C\c1ccc(C(=O)O)cc1. The Morgan fingerprint density at radius 2 is 1.85 bits per heavy atom. The lowest BCUT2D eigenvalue weighted by Gasteiger charge is -1.98. The van der Waals surface area contributed by atoms with Gasteiger partial charge in [-0.3, -0.25) is 4.79 Å². The van der Waals surface area contributed by atoms with Gasteiger partial charge in [0.1, 0.15) is 5.01 Å². The maximum atomic E-state index is 12.0. The summed E-state index contributed by atoms with van der Waals surface area (Å²) in [6, 6.07) is 16.0. The molecule has 1 aromatic heterocycles. The first-order valence-electron chi connectivity index (χ1n) is 7.77. The zero-order valence-electron chi connectivity index (χ0n) is 13.6. The summed E-state index contributed by atoms with van der Waals surface area (Å²) < 4.78 is 0. The van der Waals surface area contributed by atoms with Gasteiger partial charge >= 0.3 is 5.97 Å². The zero-order chi connectivity index (χ0) is 18.4. The van der Waals surface area contributed by atoms with Crippen LogP contribution in [-0.2, 0) is 11.2 Å². The highest BCUT2D eigenvalue weighted by Gasteiger charge is 2.08. The van der Waals surface area contributed by atoms with Gasteiger partial charge in [-0.1, -0.05) is 42.5 Å². The van der Waals surface area contributed by atoms with Crippen LogP contribution < -0.4 is 5.43 Å². The van der Waals surface area contributed by atoms with E-state index in [1.807, 2.05) is 35.7 Å². The molecular weight excluding hydrogens is 350 g/mol. The first-order chi connectivity index (χ1) is 12.6. The minimum absolute atomic E-state index is 0.146. The van der Waals surface area contributed by atoms with Crippen molar-refractivity contribution in [3.05, 3.63) is 76.1 Å². The number of aromatic nitrogens is 1. The Morgan fingerprint density at radius 3 is 2.54 bits per heavy atom. The van der Waals surface area contributed by atoms with Gasteiger partial charge in [0.15, 0.2) is 0 Å². The van der Waals surface area contributed by atoms with Gasteiger partial charge in [-0.25, -0.2) is 15.2 Å². The number of nitrogens with zero attached hydrogens (tertiary/aromatic N) is 2. The van der Waals surface area contributed by atoms with Gasteiger partial charge in [0, 0.05) is 10.9 Å². The first kappa shape index (κ1) is 17.5. The molecule has 2 aromatic carbocycles. The molecule has 2 N–H and O–H groups in total. The number of hydrazone groups is 1. The number of aromatic carboxylic acids is 1. The lowest BCUT2D eigenvalue weighted by Crippen LogP contribution is -2.19. The average molecular weight is 365 g/mol. The lowest BCUT2D eigenvalue weighted by molar-refractivity contribution is -0.120. The second-order valence-electron chi connectivity index (χ2n) is 5.39. The highest BCUT2D eigenvalue weighted by molar-refractivity contribution is 7.10. The van der Waals surface area contributed by atoms with Gasteiger partial charge < -0.3 is 5.11 Å². The molecule has 0 bridgehead atoms. The van der Waals surface area contributed by atoms with Crippen molar-refractivity contribution < 1.29 is 14.7 Å². The predicted octanol–water partition coefficient (Wildman–Crippen LogP) is 3.20. The maximum absolute atomic E-state index is 12.0. The molecule has 130 valence electrons. The van der Waals surface area contributed by atoms with E-state index in [1.165, 1.54) is 29.7 Å². The molecule has 0 spiro atoms. The average Bonchev–Trinajstić information content (AvgIpc) is 3.11.